The van der Waals surface area contributed by atoms with Crippen LogP contribution in [0.2, 0.25) is 0 Å². The third-order valence-electron chi connectivity index (χ3n) is 3.11. The van der Waals surface area contributed by atoms with Crippen LogP contribution in [-0.4, -0.2) is 25.0 Å². The van der Waals surface area contributed by atoms with E-state index in [0.717, 1.165) is 10.0 Å². The van der Waals surface area contributed by atoms with Gasteiger partial charge in [0.1, 0.15) is 5.75 Å². The van der Waals surface area contributed by atoms with Crippen molar-refractivity contribution in [2.24, 2.45) is 0 Å². The zero-order valence-electron chi connectivity index (χ0n) is 13.2. The van der Waals surface area contributed by atoms with Crippen LogP contribution < -0.4 is 4.74 Å². The lowest BCUT2D eigenvalue weighted by Crippen LogP contribution is -2.12. The Morgan fingerprint density at radius 1 is 1.04 bits per heavy atom. The predicted molar refractivity (Wildman–Crippen MR) is 96.1 cm³/mol. The Morgan fingerprint density at radius 2 is 1.71 bits per heavy atom. The van der Waals surface area contributed by atoms with Crippen LogP contribution in [0, 0.1) is 0 Å². The normalized spacial score (nSPS) is 10.6. The summed E-state index contributed by atoms with van der Waals surface area (Å²) in [6.07, 6.45) is 2.94. The van der Waals surface area contributed by atoms with E-state index in [1.165, 1.54) is 6.08 Å². The molecule has 24 heavy (non-hydrogen) atoms. The van der Waals surface area contributed by atoms with Gasteiger partial charge < -0.3 is 9.47 Å². The molecule has 2 rings (SSSR count). The molecule has 0 aliphatic rings. The summed E-state index contributed by atoms with van der Waals surface area (Å²) >= 11 is 3.34. The third-order valence-corrected chi connectivity index (χ3v) is 3.64. The number of hydrogen-bond donors (Lipinski definition) is 0. The number of carbonyl (C=O) groups excluding carboxylic acids is 2. The van der Waals surface area contributed by atoms with Crippen molar-refractivity contribution in [3.8, 4) is 5.75 Å². The van der Waals surface area contributed by atoms with E-state index in [2.05, 4.69) is 15.9 Å². The molecule has 2 aromatic carbocycles. The van der Waals surface area contributed by atoms with Gasteiger partial charge in [0.2, 0.25) is 0 Å². The van der Waals surface area contributed by atoms with Crippen molar-refractivity contribution in [2.75, 3.05) is 13.2 Å². The number of Topliss-reactive ketones (excluding diaryl/α,β-unsaturated/α-hetero) is 1. The van der Waals surface area contributed by atoms with E-state index in [-0.39, 0.29) is 12.4 Å². The molecule has 0 amide bonds. The maximum absolute atomic E-state index is 12.0. The molecule has 0 saturated heterocycles. The van der Waals surface area contributed by atoms with E-state index in [1.54, 1.807) is 30.3 Å². The number of ketones is 1. The van der Waals surface area contributed by atoms with E-state index in [0.29, 0.717) is 17.9 Å². The Bertz CT molecular complexity index is 718. The average molecular weight is 389 g/mol. The summed E-state index contributed by atoms with van der Waals surface area (Å²) in [5, 5.41) is 0. The van der Waals surface area contributed by atoms with Gasteiger partial charge in [-0.3, -0.25) is 4.79 Å². The van der Waals surface area contributed by atoms with Crippen LogP contribution in [0.5, 0.6) is 5.75 Å². The molecule has 124 valence electrons. The van der Waals surface area contributed by atoms with Gasteiger partial charge in [-0.2, -0.15) is 0 Å². The molecule has 0 aromatic heterocycles. The van der Waals surface area contributed by atoms with Crippen LogP contribution in [0.3, 0.4) is 0 Å². The molecule has 5 heteroatoms. The summed E-state index contributed by atoms with van der Waals surface area (Å²) in [7, 11) is 0. The van der Waals surface area contributed by atoms with Crippen molar-refractivity contribution in [3.05, 3.63) is 70.2 Å². The molecule has 0 saturated carbocycles. The van der Waals surface area contributed by atoms with E-state index >= 15 is 0 Å². The van der Waals surface area contributed by atoms with Gasteiger partial charge in [-0.25, -0.2) is 4.79 Å². The second-order valence-corrected chi connectivity index (χ2v) is 5.79. The minimum Gasteiger partial charge on any atom is -0.494 e. The highest BCUT2D eigenvalue weighted by Crippen LogP contribution is 2.13. The van der Waals surface area contributed by atoms with Crippen LogP contribution in [0.15, 0.2) is 59.1 Å². The first kappa shape index (κ1) is 17.9. The second-order valence-electron chi connectivity index (χ2n) is 4.87. The van der Waals surface area contributed by atoms with Crippen LogP contribution in [0.25, 0.3) is 6.08 Å². The van der Waals surface area contributed by atoms with Crippen molar-refractivity contribution < 1.29 is 19.1 Å². The van der Waals surface area contributed by atoms with E-state index < -0.39 is 5.97 Å². The average Bonchev–Trinajstić information content (AvgIpc) is 2.60. The lowest BCUT2D eigenvalue weighted by molar-refractivity contribution is -0.136. The fraction of sp³-hybridized carbons (Fsp3) is 0.158. The molecule has 2 aromatic rings. The number of benzene rings is 2. The Labute approximate surface area is 149 Å². The van der Waals surface area contributed by atoms with E-state index in [4.69, 9.17) is 9.47 Å². The Kier molecular flexibility index (Phi) is 6.75. The molecule has 0 fully saturated rings. The van der Waals surface area contributed by atoms with Gasteiger partial charge in [-0.1, -0.05) is 28.1 Å². The first-order chi connectivity index (χ1) is 11.6. The number of hydrogen-bond acceptors (Lipinski definition) is 4. The SMILES string of the molecule is CCOc1ccc(C(=O)COC(=O)/C=C/c2ccc(Br)cc2)cc1. The molecule has 0 N–H and O–H groups in total. The van der Waals surface area contributed by atoms with Crippen LogP contribution in [0.1, 0.15) is 22.8 Å². The monoisotopic (exact) mass is 388 g/mol. The fourth-order valence-electron chi connectivity index (χ4n) is 1.91. The Hall–Kier alpha value is -2.40. The van der Waals surface area contributed by atoms with Gasteiger partial charge in [-0.15, -0.1) is 0 Å². The van der Waals surface area contributed by atoms with Gasteiger partial charge in [0.15, 0.2) is 12.4 Å². The largest absolute Gasteiger partial charge is 0.494 e. The third kappa shape index (κ3) is 5.66. The van der Waals surface area contributed by atoms with Crippen LogP contribution in [-0.2, 0) is 9.53 Å². The zero-order chi connectivity index (χ0) is 17.4. The Balaban J connectivity index is 1.84. The lowest BCUT2D eigenvalue weighted by Gasteiger charge is -2.05. The molecular formula is C19H17BrO4. The van der Waals surface area contributed by atoms with Gasteiger partial charge >= 0.3 is 5.97 Å². The van der Waals surface area contributed by atoms with Gasteiger partial charge in [0, 0.05) is 16.1 Å². The standard InChI is InChI=1S/C19H17BrO4/c1-2-23-17-10-6-15(7-11-17)18(21)13-24-19(22)12-5-14-3-8-16(20)9-4-14/h3-12H,2,13H2,1H3/b12-5+. The smallest absolute Gasteiger partial charge is 0.331 e. The van der Waals surface area contributed by atoms with Gasteiger partial charge in [0.25, 0.3) is 0 Å². The first-order valence-corrected chi connectivity index (χ1v) is 8.24. The topological polar surface area (TPSA) is 52.6 Å². The minimum atomic E-state index is -0.558. The summed E-state index contributed by atoms with van der Waals surface area (Å²) < 4.78 is 11.2. The molecule has 4 nitrogen and oxygen atoms in total. The van der Waals surface area contributed by atoms with Crippen molar-refractivity contribution >= 4 is 33.8 Å². The first-order valence-electron chi connectivity index (χ1n) is 7.45. The highest BCUT2D eigenvalue weighted by Gasteiger charge is 2.08. The highest BCUT2D eigenvalue weighted by atomic mass is 79.9. The van der Waals surface area contributed by atoms with Crippen LogP contribution >= 0.6 is 15.9 Å². The molecule has 0 spiro atoms. The van der Waals surface area contributed by atoms with Crippen molar-refractivity contribution in [1.29, 1.82) is 0 Å². The van der Waals surface area contributed by atoms with Crippen molar-refractivity contribution in [3.63, 3.8) is 0 Å². The number of ether oxygens (including phenoxy) is 2. The Morgan fingerprint density at radius 3 is 2.33 bits per heavy atom. The van der Waals surface area contributed by atoms with Gasteiger partial charge in [-0.05, 0) is 55.0 Å². The summed E-state index contributed by atoms with van der Waals surface area (Å²) in [6, 6.07) is 14.2. The number of halogens is 1. The summed E-state index contributed by atoms with van der Waals surface area (Å²) in [6.45, 7) is 2.16. The van der Waals surface area contributed by atoms with Crippen molar-refractivity contribution in [2.45, 2.75) is 6.92 Å². The minimum absolute atomic E-state index is 0.261. The number of carbonyl (C=O) groups is 2. The predicted octanol–water partition coefficient (Wildman–Crippen LogP) is 4.29. The zero-order valence-corrected chi connectivity index (χ0v) is 14.8. The molecule has 0 unspecified atom stereocenters. The van der Waals surface area contributed by atoms with Gasteiger partial charge in [0.05, 0.1) is 6.61 Å². The fourth-order valence-corrected chi connectivity index (χ4v) is 2.17. The lowest BCUT2D eigenvalue weighted by atomic mass is 10.1. The number of esters is 1. The molecular weight excluding hydrogens is 372 g/mol. The van der Waals surface area contributed by atoms with E-state index in [1.807, 2.05) is 31.2 Å². The maximum atomic E-state index is 12.0. The summed E-state index contributed by atoms with van der Waals surface area (Å²) in [5.74, 6) is -0.121. The molecule has 0 bridgehead atoms. The second kappa shape index (κ2) is 9.03. The van der Waals surface area contributed by atoms with Crippen molar-refractivity contribution in [1.82, 2.24) is 0 Å². The van der Waals surface area contributed by atoms with E-state index in [9.17, 15) is 9.59 Å². The molecule has 0 aliphatic heterocycles. The summed E-state index contributed by atoms with van der Waals surface area (Å²) in [4.78, 5) is 23.7. The molecule has 0 radical (unpaired) electrons. The quantitative estimate of drug-likeness (QED) is 0.403. The molecule has 0 aliphatic carbocycles. The molecule has 0 atom stereocenters. The number of rotatable bonds is 7. The highest BCUT2D eigenvalue weighted by molar-refractivity contribution is 9.10. The molecule has 0 heterocycles. The summed E-state index contributed by atoms with van der Waals surface area (Å²) in [5.41, 5.74) is 1.34. The maximum Gasteiger partial charge on any atom is 0.331 e. The van der Waals surface area contributed by atoms with Crippen LogP contribution in [0.4, 0.5) is 0 Å².